The molecule has 0 saturated heterocycles. The molecular weight excluding hydrogens is 530 g/mol. The number of rotatable bonds is 12. The molecule has 0 radical (unpaired) electrons. The van der Waals surface area contributed by atoms with Crippen molar-refractivity contribution in [2.24, 2.45) is 0 Å². The van der Waals surface area contributed by atoms with Gasteiger partial charge in [0.05, 0.1) is 6.10 Å². The van der Waals surface area contributed by atoms with Gasteiger partial charge in [-0.05, 0) is 69.2 Å². The van der Waals surface area contributed by atoms with Crippen molar-refractivity contribution in [1.82, 2.24) is 16.0 Å². The summed E-state index contributed by atoms with van der Waals surface area (Å²) in [4.78, 5) is 49.2. The average Bonchev–Trinajstić information content (AvgIpc) is 3.21. The summed E-state index contributed by atoms with van der Waals surface area (Å²) in [5.74, 6) is -2.35. The van der Waals surface area contributed by atoms with E-state index in [0.29, 0.717) is 12.8 Å². The van der Waals surface area contributed by atoms with Crippen molar-refractivity contribution >= 4 is 24.1 Å². The molecule has 3 amide bonds. The highest BCUT2D eigenvalue weighted by Crippen LogP contribution is 2.44. The molecule has 5 N–H and O–H groups in total. The molecule has 222 valence electrons. The maximum atomic E-state index is 13.0. The molecule has 1 aliphatic carbocycles. The first-order chi connectivity index (χ1) is 19.4. The fraction of sp³-hybridized carbons (Fsp3) is 0.467. The molecule has 0 saturated carbocycles. The van der Waals surface area contributed by atoms with Crippen LogP contribution in [0.1, 0.15) is 64.0 Å². The zero-order chi connectivity index (χ0) is 30.2. The van der Waals surface area contributed by atoms with E-state index in [1.165, 1.54) is 6.92 Å². The van der Waals surface area contributed by atoms with Gasteiger partial charge in [0, 0.05) is 12.5 Å². The van der Waals surface area contributed by atoms with Crippen LogP contribution in [-0.2, 0) is 19.1 Å². The summed E-state index contributed by atoms with van der Waals surface area (Å²) < 4.78 is 10.7. The molecule has 0 heterocycles. The van der Waals surface area contributed by atoms with E-state index in [9.17, 15) is 29.4 Å². The Morgan fingerprint density at radius 1 is 0.902 bits per heavy atom. The third-order valence-electron chi connectivity index (χ3n) is 6.59. The second kappa shape index (κ2) is 14.0. The summed E-state index contributed by atoms with van der Waals surface area (Å²) in [6, 6.07) is 13.1. The van der Waals surface area contributed by atoms with E-state index in [4.69, 9.17) is 9.47 Å². The summed E-state index contributed by atoms with van der Waals surface area (Å²) in [7, 11) is 0. The lowest BCUT2D eigenvalue weighted by Gasteiger charge is -2.23. The molecule has 41 heavy (non-hydrogen) atoms. The highest BCUT2D eigenvalue weighted by atomic mass is 16.6. The van der Waals surface area contributed by atoms with Gasteiger partial charge in [0.2, 0.25) is 5.91 Å². The van der Waals surface area contributed by atoms with Crippen LogP contribution in [-0.4, -0.2) is 71.2 Å². The minimum absolute atomic E-state index is 0.0411. The number of hydrogen-bond acceptors (Lipinski definition) is 7. The number of fused-ring (bicyclic) bond motifs is 3. The van der Waals surface area contributed by atoms with Crippen LogP contribution < -0.4 is 16.0 Å². The van der Waals surface area contributed by atoms with Crippen molar-refractivity contribution in [3.8, 4) is 11.1 Å². The summed E-state index contributed by atoms with van der Waals surface area (Å²) in [5.41, 5.74) is 3.59. The Morgan fingerprint density at radius 2 is 1.49 bits per heavy atom. The smallest absolute Gasteiger partial charge is 0.407 e. The number of hydrogen-bond donors (Lipinski definition) is 5. The normalized spacial score (nSPS) is 14.6. The molecule has 0 spiro atoms. The monoisotopic (exact) mass is 569 g/mol. The third kappa shape index (κ3) is 8.94. The summed E-state index contributed by atoms with van der Waals surface area (Å²) >= 11 is 0. The van der Waals surface area contributed by atoms with Gasteiger partial charge >= 0.3 is 18.2 Å². The fourth-order valence-electron chi connectivity index (χ4n) is 4.67. The van der Waals surface area contributed by atoms with Gasteiger partial charge in [0.15, 0.2) is 6.04 Å². The van der Waals surface area contributed by atoms with Gasteiger partial charge in [0.25, 0.3) is 0 Å². The van der Waals surface area contributed by atoms with Crippen molar-refractivity contribution < 1.29 is 38.9 Å². The molecule has 0 aliphatic heterocycles. The van der Waals surface area contributed by atoms with E-state index in [0.717, 1.165) is 22.3 Å². The topological polar surface area (TPSA) is 163 Å². The van der Waals surface area contributed by atoms with Gasteiger partial charge in [-0.25, -0.2) is 14.4 Å². The zero-order valence-corrected chi connectivity index (χ0v) is 23.8. The number of aliphatic hydroxyl groups is 1. The third-order valence-corrected chi connectivity index (χ3v) is 6.59. The highest BCUT2D eigenvalue weighted by Gasteiger charge is 2.31. The largest absolute Gasteiger partial charge is 0.480 e. The second-order valence-corrected chi connectivity index (χ2v) is 11.0. The number of alkyl carbamates (subject to hydrolysis) is 2. The first-order valence-corrected chi connectivity index (χ1v) is 13.7. The molecule has 2 aromatic carbocycles. The molecule has 1 aliphatic rings. The molecule has 2 aromatic rings. The van der Waals surface area contributed by atoms with Gasteiger partial charge in [-0.2, -0.15) is 0 Å². The molecular formula is C30H39N3O8. The minimum Gasteiger partial charge on any atom is -0.480 e. The van der Waals surface area contributed by atoms with Crippen LogP contribution in [0.5, 0.6) is 0 Å². The Balaban J connectivity index is 1.61. The van der Waals surface area contributed by atoms with E-state index in [-0.39, 0.29) is 25.5 Å². The Hall–Kier alpha value is -4.12. The quantitative estimate of drug-likeness (QED) is 0.242. The fourth-order valence-corrected chi connectivity index (χ4v) is 4.67. The Labute approximate surface area is 239 Å². The standard InChI is InChI=1S/C30H39N3O8/c1-18(34)25(27(36)37)33-26(35)24(15-9-10-16-31-28(38)41-30(2,3)4)32-29(39)40-17-23-21-13-7-5-11-19(21)20-12-6-8-14-22(20)23/h5-8,11-14,18,23-25,34H,9-10,15-17H2,1-4H3,(H,31,38)(H,32,39)(H,33,35)(H,36,37)/t18-,24+,25+/m1/s1. The van der Waals surface area contributed by atoms with Crippen LogP contribution in [0.4, 0.5) is 9.59 Å². The number of carbonyl (C=O) groups is 4. The minimum atomic E-state index is -1.55. The van der Waals surface area contributed by atoms with E-state index >= 15 is 0 Å². The van der Waals surface area contributed by atoms with Crippen molar-refractivity contribution in [2.45, 2.75) is 76.7 Å². The number of benzene rings is 2. The average molecular weight is 570 g/mol. The van der Waals surface area contributed by atoms with Crippen LogP contribution in [0.15, 0.2) is 48.5 Å². The Bertz CT molecular complexity index is 1190. The van der Waals surface area contributed by atoms with Crippen molar-refractivity contribution in [3.05, 3.63) is 59.7 Å². The summed E-state index contributed by atoms with van der Waals surface area (Å²) in [6.45, 7) is 6.82. The van der Waals surface area contributed by atoms with Gasteiger partial charge in [0.1, 0.15) is 18.2 Å². The molecule has 3 rings (SSSR count). The molecule has 0 bridgehead atoms. The molecule has 11 heteroatoms. The first kappa shape index (κ1) is 31.4. The SMILES string of the molecule is C[C@@H](O)[C@H](NC(=O)[C@H](CCCCNC(=O)OC(C)(C)C)NC(=O)OCC1c2ccccc2-c2ccccc21)C(=O)O. The number of unbranched alkanes of at least 4 members (excludes halogenated alkanes) is 1. The van der Waals surface area contributed by atoms with E-state index in [1.54, 1.807) is 20.8 Å². The van der Waals surface area contributed by atoms with Gasteiger partial charge in [-0.15, -0.1) is 0 Å². The van der Waals surface area contributed by atoms with Crippen LogP contribution in [0.3, 0.4) is 0 Å². The summed E-state index contributed by atoms with van der Waals surface area (Å²) in [5, 5.41) is 26.6. The number of amides is 3. The van der Waals surface area contributed by atoms with Crippen molar-refractivity contribution in [2.75, 3.05) is 13.2 Å². The van der Waals surface area contributed by atoms with Crippen LogP contribution in [0.2, 0.25) is 0 Å². The number of carboxylic acids is 1. The van der Waals surface area contributed by atoms with Crippen LogP contribution in [0, 0.1) is 0 Å². The number of aliphatic hydroxyl groups excluding tert-OH is 1. The Morgan fingerprint density at radius 3 is 2.02 bits per heavy atom. The number of aliphatic carboxylic acids is 1. The maximum absolute atomic E-state index is 13.0. The lowest BCUT2D eigenvalue weighted by atomic mass is 9.98. The Kier molecular flexibility index (Phi) is 10.7. The van der Waals surface area contributed by atoms with Gasteiger partial charge < -0.3 is 35.6 Å². The maximum Gasteiger partial charge on any atom is 0.407 e. The summed E-state index contributed by atoms with van der Waals surface area (Å²) in [6.07, 6.45) is -1.74. The van der Waals surface area contributed by atoms with E-state index in [2.05, 4.69) is 16.0 Å². The zero-order valence-electron chi connectivity index (χ0n) is 23.8. The van der Waals surface area contributed by atoms with E-state index < -0.39 is 47.9 Å². The lowest BCUT2D eigenvalue weighted by molar-refractivity contribution is -0.145. The molecule has 0 unspecified atom stereocenters. The highest BCUT2D eigenvalue weighted by molar-refractivity contribution is 5.89. The van der Waals surface area contributed by atoms with Crippen LogP contribution in [0.25, 0.3) is 11.1 Å². The van der Waals surface area contributed by atoms with Crippen LogP contribution >= 0.6 is 0 Å². The predicted molar refractivity (Wildman–Crippen MR) is 151 cm³/mol. The van der Waals surface area contributed by atoms with E-state index in [1.807, 2.05) is 48.5 Å². The second-order valence-electron chi connectivity index (χ2n) is 11.0. The number of ether oxygens (including phenoxy) is 2. The van der Waals surface area contributed by atoms with Crippen molar-refractivity contribution in [3.63, 3.8) is 0 Å². The number of carboxylic acid groups (broad SMARTS) is 1. The molecule has 11 nitrogen and oxygen atoms in total. The lowest BCUT2D eigenvalue weighted by Crippen LogP contribution is -2.54. The van der Waals surface area contributed by atoms with Gasteiger partial charge in [-0.1, -0.05) is 48.5 Å². The van der Waals surface area contributed by atoms with Crippen molar-refractivity contribution in [1.29, 1.82) is 0 Å². The number of nitrogens with one attached hydrogen (secondary N) is 3. The molecule has 3 atom stereocenters. The molecule has 0 fully saturated rings. The first-order valence-electron chi connectivity index (χ1n) is 13.7. The van der Waals surface area contributed by atoms with Gasteiger partial charge in [-0.3, -0.25) is 4.79 Å². The predicted octanol–water partition coefficient (Wildman–Crippen LogP) is 3.54. The number of carbonyl (C=O) groups excluding carboxylic acids is 3. The molecule has 0 aromatic heterocycles.